The molecule has 0 bridgehead atoms. The topological polar surface area (TPSA) is 21.1 Å². The van der Waals surface area contributed by atoms with Gasteiger partial charge < -0.3 is 0 Å². The quantitative estimate of drug-likeness (QED) is 0.684. The highest BCUT2D eigenvalue weighted by Crippen LogP contribution is 2.17. The maximum atomic E-state index is 4.10. The van der Waals surface area contributed by atoms with Crippen LogP contribution in [0.4, 0.5) is 5.69 Å². The lowest BCUT2D eigenvalue weighted by molar-refractivity contribution is 0.711. The van der Waals surface area contributed by atoms with Crippen LogP contribution in [0.25, 0.3) is 12.2 Å². The van der Waals surface area contributed by atoms with Gasteiger partial charge >= 0.3 is 0 Å². The number of aromatic nitrogens is 2. The first kappa shape index (κ1) is 15.1. The van der Waals surface area contributed by atoms with Crippen molar-refractivity contribution in [2.45, 2.75) is 13.8 Å². The predicted octanol–water partition coefficient (Wildman–Crippen LogP) is 4.65. The van der Waals surface area contributed by atoms with E-state index < -0.39 is 0 Å². The highest BCUT2D eigenvalue weighted by molar-refractivity contribution is 5.69. The van der Waals surface area contributed by atoms with Gasteiger partial charge in [-0.05, 0) is 49.8 Å². The number of nitrogens with zero attached hydrogens (tertiary/aromatic N) is 3. The summed E-state index contributed by atoms with van der Waals surface area (Å²) in [7, 11) is 0. The Labute approximate surface area is 137 Å². The summed E-state index contributed by atoms with van der Waals surface area (Å²) in [6.45, 7) is 5.13. The first-order valence-electron chi connectivity index (χ1n) is 7.88. The number of pyridine rings is 1. The predicted molar refractivity (Wildman–Crippen MR) is 97.2 cm³/mol. The zero-order valence-electron chi connectivity index (χ0n) is 13.6. The van der Waals surface area contributed by atoms with Crippen molar-refractivity contribution < 1.29 is 0 Å². The maximum absolute atomic E-state index is 4.10. The van der Waals surface area contributed by atoms with Crippen molar-refractivity contribution in [1.82, 2.24) is 9.66 Å². The van der Waals surface area contributed by atoms with Crippen molar-refractivity contribution >= 4 is 17.8 Å². The van der Waals surface area contributed by atoms with Gasteiger partial charge in [0.05, 0.1) is 11.4 Å². The first-order chi connectivity index (χ1) is 11.3. The number of rotatable bonds is 5. The van der Waals surface area contributed by atoms with Crippen molar-refractivity contribution in [1.29, 1.82) is 0 Å². The monoisotopic (exact) mass is 303 g/mol. The number of hydrogen-bond acceptors (Lipinski definition) is 2. The largest absolute Gasteiger partial charge is 0.282 e. The standard InChI is InChI=1S/C20H21N3/c1-3-22(20-12-14-21-15-13-20)23-16-4-5-19(23)11-10-18-8-6-17(2)7-9-18/h4-16H,3H2,1-2H3/b11-10+. The minimum absolute atomic E-state index is 0.879. The smallest absolute Gasteiger partial charge is 0.0626 e. The summed E-state index contributed by atoms with van der Waals surface area (Å²) in [6.07, 6.45) is 10.0. The Morgan fingerprint density at radius 3 is 2.43 bits per heavy atom. The fraction of sp³-hybridized carbons (Fsp3) is 0.150. The number of hydrogen-bond donors (Lipinski definition) is 0. The van der Waals surface area contributed by atoms with Crippen LogP contribution in [-0.4, -0.2) is 16.2 Å². The van der Waals surface area contributed by atoms with Crippen LogP contribution in [-0.2, 0) is 0 Å². The molecule has 0 spiro atoms. The SMILES string of the molecule is CCN(c1ccncc1)n1cccc1/C=C/c1ccc(C)cc1. The lowest BCUT2D eigenvalue weighted by Crippen LogP contribution is -2.29. The van der Waals surface area contributed by atoms with Gasteiger partial charge in [0, 0.05) is 25.1 Å². The van der Waals surface area contributed by atoms with E-state index in [1.165, 1.54) is 11.1 Å². The summed E-state index contributed by atoms with van der Waals surface area (Å²) in [6, 6.07) is 16.8. The molecule has 0 N–H and O–H groups in total. The van der Waals surface area contributed by atoms with Crippen LogP contribution in [0.1, 0.15) is 23.7 Å². The van der Waals surface area contributed by atoms with Crippen molar-refractivity contribution in [3.05, 3.63) is 83.9 Å². The van der Waals surface area contributed by atoms with Crippen LogP contribution in [0.15, 0.2) is 67.1 Å². The van der Waals surface area contributed by atoms with Crippen LogP contribution in [0.5, 0.6) is 0 Å². The van der Waals surface area contributed by atoms with E-state index in [4.69, 9.17) is 0 Å². The van der Waals surface area contributed by atoms with Gasteiger partial charge in [-0.1, -0.05) is 35.9 Å². The molecule has 0 fully saturated rings. The lowest BCUT2D eigenvalue weighted by Gasteiger charge is -2.26. The van der Waals surface area contributed by atoms with E-state index in [2.05, 4.69) is 83.3 Å². The second kappa shape index (κ2) is 6.97. The van der Waals surface area contributed by atoms with Gasteiger partial charge in [0.2, 0.25) is 0 Å². The number of anilines is 1. The van der Waals surface area contributed by atoms with Gasteiger partial charge in [0.15, 0.2) is 0 Å². The van der Waals surface area contributed by atoms with Gasteiger partial charge in [0.1, 0.15) is 0 Å². The summed E-state index contributed by atoms with van der Waals surface area (Å²) >= 11 is 0. The Kier molecular flexibility index (Phi) is 4.57. The summed E-state index contributed by atoms with van der Waals surface area (Å²) < 4.78 is 2.17. The third-order valence-corrected chi connectivity index (χ3v) is 3.80. The minimum atomic E-state index is 0.879. The molecule has 0 unspecified atom stereocenters. The highest BCUT2D eigenvalue weighted by atomic mass is 15.5. The van der Waals surface area contributed by atoms with Crippen molar-refractivity contribution in [3.8, 4) is 0 Å². The Balaban J connectivity index is 1.88. The number of benzene rings is 1. The molecule has 0 aliphatic carbocycles. The van der Waals surface area contributed by atoms with Crippen LogP contribution in [0, 0.1) is 6.92 Å². The van der Waals surface area contributed by atoms with E-state index in [0.29, 0.717) is 0 Å². The van der Waals surface area contributed by atoms with Gasteiger partial charge in [0.25, 0.3) is 0 Å². The lowest BCUT2D eigenvalue weighted by atomic mass is 10.1. The molecular weight excluding hydrogens is 282 g/mol. The molecule has 0 amide bonds. The van der Waals surface area contributed by atoms with E-state index in [9.17, 15) is 0 Å². The fourth-order valence-electron chi connectivity index (χ4n) is 2.57. The van der Waals surface area contributed by atoms with Gasteiger partial charge in [-0.15, -0.1) is 0 Å². The minimum Gasteiger partial charge on any atom is -0.282 e. The van der Waals surface area contributed by atoms with Crippen LogP contribution >= 0.6 is 0 Å². The summed E-state index contributed by atoms with van der Waals surface area (Å²) in [5.74, 6) is 0. The summed E-state index contributed by atoms with van der Waals surface area (Å²) in [5.41, 5.74) is 4.75. The third-order valence-electron chi connectivity index (χ3n) is 3.80. The molecular formula is C20H21N3. The number of aryl methyl sites for hydroxylation is 1. The van der Waals surface area contributed by atoms with E-state index in [1.54, 1.807) is 0 Å². The molecule has 3 rings (SSSR count). The van der Waals surface area contributed by atoms with Gasteiger partial charge in [-0.3, -0.25) is 14.7 Å². The molecule has 1 aromatic carbocycles. The van der Waals surface area contributed by atoms with E-state index >= 15 is 0 Å². The molecule has 3 nitrogen and oxygen atoms in total. The Morgan fingerprint density at radius 1 is 1.00 bits per heavy atom. The maximum Gasteiger partial charge on any atom is 0.0626 e. The molecule has 2 aromatic heterocycles. The van der Waals surface area contributed by atoms with E-state index in [0.717, 1.165) is 17.9 Å². The van der Waals surface area contributed by atoms with Crippen molar-refractivity contribution in [2.75, 3.05) is 11.6 Å². The molecule has 0 aliphatic heterocycles. The van der Waals surface area contributed by atoms with E-state index in [-0.39, 0.29) is 0 Å². The molecule has 0 saturated heterocycles. The average molecular weight is 303 g/mol. The van der Waals surface area contributed by atoms with Crippen LogP contribution < -0.4 is 5.01 Å². The molecule has 0 radical (unpaired) electrons. The normalized spacial score (nSPS) is 11.0. The molecule has 116 valence electrons. The van der Waals surface area contributed by atoms with Crippen molar-refractivity contribution in [2.24, 2.45) is 0 Å². The van der Waals surface area contributed by atoms with Crippen LogP contribution in [0.3, 0.4) is 0 Å². The van der Waals surface area contributed by atoms with E-state index in [1.807, 2.05) is 24.5 Å². The van der Waals surface area contributed by atoms with Gasteiger partial charge in [-0.25, -0.2) is 0 Å². The zero-order valence-corrected chi connectivity index (χ0v) is 13.6. The van der Waals surface area contributed by atoms with Crippen LogP contribution in [0.2, 0.25) is 0 Å². The Morgan fingerprint density at radius 2 is 1.74 bits per heavy atom. The first-order valence-corrected chi connectivity index (χ1v) is 7.88. The second-order valence-electron chi connectivity index (χ2n) is 5.44. The fourth-order valence-corrected chi connectivity index (χ4v) is 2.57. The Hall–Kier alpha value is -2.81. The van der Waals surface area contributed by atoms with Crippen molar-refractivity contribution in [3.63, 3.8) is 0 Å². The third kappa shape index (κ3) is 3.51. The molecule has 23 heavy (non-hydrogen) atoms. The summed E-state index contributed by atoms with van der Waals surface area (Å²) in [4.78, 5) is 4.10. The molecule has 3 aromatic rings. The summed E-state index contributed by atoms with van der Waals surface area (Å²) in [5, 5.41) is 2.22. The van der Waals surface area contributed by atoms with Gasteiger partial charge in [-0.2, -0.15) is 0 Å². The Bertz CT molecular complexity index is 770. The molecule has 0 saturated carbocycles. The molecule has 2 heterocycles. The zero-order chi connectivity index (χ0) is 16.1. The second-order valence-corrected chi connectivity index (χ2v) is 5.44. The molecule has 0 atom stereocenters. The molecule has 0 aliphatic rings. The average Bonchev–Trinajstić information content (AvgIpc) is 3.04. The molecule has 3 heteroatoms. The highest BCUT2D eigenvalue weighted by Gasteiger charge is 2.08.